The number of ether oxygens (including phenoxy) is 1. The molecule has 0 aromatic heterocycles. The molecule has 2 fully saturated rings. The van der Waals surface area contributed by atoms with Crippen molar-refractivity contribution in [1.29, 1.82) is 0 Å². The Labute approximate surface area is 282 Å². The summed E-state index contributed by atoms with van der Waals surface area (Å²) in [7, 11) is 0. The molecule has 5 rings (SSSR count). The standard InChI is InChI=1S/C38H47FN4O5/c1-26-24-41(17-18-43(26)36(45)46)25-30-8-6-9-31(21-30)33-22-29(11-12-34(33)39)23-40-35(44)32-10-5-7-28(20-32)19-27-13-15-42(16-14-27)37(47)48-38(2,3)4/h5-12,20-22,26-27H,13-19,23-25H2,1-4H3,(H,40,44)(H,45,46)/t26-/m0/s1. The molecule has 2 saturated heterocycles. The summed E-state index contributed by atoms with van der Waals surface area (Å²) in [5, 5.41) is 12.4. The number of carbonyl (C=O) groups is 3. The number of likely N-dealkylation sites (tertiary alicyclic amines) is 1. The molecule has 9 nitrogen and oxygen atoms in total. The van der Waals surface area contributed by atoms with Gasteiger partial charge in [-0.1, -0.05) is 36.4 Å². The van der Waals surface area contributed by atoms with Gasteiger partial charge >= 0.3 is 12.2 Å². The normalized spacial score (nSPS) is 17.6. The van der Waals surface area contributed by atoms with Crippen molar-refractivity contribution in [2.24, 2.45) is 5.92 Å². The number of halogens is 1. The number of piperidine rings is 1. The van der Waals surface area contributed by atoms with Gasteiger partial charge in [0.15, 0.2) is 0 Å². The number of benzene rings is 3. The van der Waals surface area contributed by atoms with Crippen LogP contribution in [0.25, 0.3) is 11.1 Å². The number of carboxylic acid groups (broad SMARTS) is 1. The molecule has 3 amide bonds. The number of amides is 3. The fraction of sp³-hybridized carbons (Fsp3) is 0.447. The van der Waals surface area contributed by atoms with Crippen LogP contribution in [0.4, 0.5) is 14.0 Å². The van der Waals surface area contributed by atoms with Gasteiger partial charge in [-0.25, -0.2) is 14.0 Å². The smallest absolute Gasteiger partial charge is 0.410 e. The molecule has 0 radical (unpaired) electrons. The molecule has 0 aliphatic carbocycles. The molecule has 256 valence electrons. The van der Waals surface area contributed by atoms with Crippen molar-refractivity contribution in [3.63, 3.8) is 0 Å². The summed E-state index contributed by atoms with van der Waals surface area (Å²) in [5.74, 6) is -0.110. The monoisotopic (exact) mass is 658 g/mol. The summed E-state index contributed by atoms with van der Waals surface area (Å²) in [5.41, 5.74) is 4.18. The summed E-state index contributed by atoms with van der Waals surface area (Å²) in [6.45, 7) is 11.5. The second kappa shape index (κ2) is 15.2. The van der Waals surface area contributed by atoms with Crippen LogP contribution >= 0.6 is 0 Å². The van der Waals surface area contributed by atoms with Gasteiger partial charge in [0.05, 0.1) is 0 Å². The minimum Gasteiger partial charge on any atom is -0.465 e. The van der Waals surface area contributed by atoms with E-state index >= 15 is 4.39 Å². The topological polar surface area (TPSA) is 102 Å². The van der Waals surface area contributed by atoms with Gasteiger partial charge in [0.25, 0.3) is 5.91 Å². The van der Waals surface area contributed by atoms with Crippen LogP contribution in [-0.4, -0.2) is 82.3 Å². The Hall–Kier alpha value is -4.44. The molecular weight excluding hydrogens is 611 g/mol. The van der Waals surface area contributed by atoms with E-state index in [1.165, 1.54) is 11.0 Å². The lowest BCUT2D eigenvalue weighted by molar-refractivity contribution is 0.0184. The van der Waals surface area contributed by atoms with Crippen LogP contribution in [0.5, 0.6) is 0 Å². The van der Waals surface area contributed by atoms with Gasteiger partial charge in [0.1, 0.15) is 11.4 Å². The van der Waals surface area contributed by atoms with Gasteiger partial charge in [-0.05, 0) is 105 Å². The van der Waals surface area contributed by atoms with Crippen LogP contribution in [0.2, 0.25) is 0 Å². The van der Waals surface area contributed by atoms with E-state index in [-0.39, 0.29) is 30.4 Å². The Morgan fingerprint density at radius 2 is 1.65 bits per heavy atom. The second-order valence-corrected chi connectivity index (χ2v) is 14.1. The van der Waals surface area contributed by atoms with Gasteiger partial charge < -0.3 is 25.0 Å². The highest BCUT2D eigenvalue weighted by molar-refractivity contribution is 5.94. The number of carbonyl (C=O) groups excluding carboxylic acids is 2. The van der Waals surface area contributed by atoms with Crippen molar-refractivity contribution < 1.29 is 28.6 Å². The maximum atomic E-state index is 15.1. The number of hydrogen-bond acceptors (Lipinski definition) is 5. The van der Waals surface area contributed by atoms with E-state index in [1.807, 2.05) is 70.2 Å². The Kier molecular flexibility index (Phi) is 11.0. The van der Waals surface area contributed by atoms with E-state index < -0.39 is 11.7 Å². The van der Waals surface area contributed by atoms with Gasteiger partial charge in [-0.3, -0.25) is 9.69 Å². The number of piperazine rings is 1. The number of nitrogens with zero attached hydrogens (tertiary/aromatic N) is 3. The summed E-state index contributed by atoms with van der Waals surface area (Å²) in [6.07, 6.45) is 1.44. The van der Waals surface area contributed by atoms with Crippen molar-refractivity contribution >= 4 is 18.1 Å². The van der Waals surface area contributed by atoms with Gasteiger partial charge in [0.2, 0.25) is 0 Å². The molecule has 1 atom stereocenters. The highest BCUT2D eigenvalue weighted by Crippen LogP contribution is 2.27. The third-order valence-corrected chi connectivity index (χ3v) is 9.07. The zero-order valence-corrected chi connectivity index (χ0v) is 28.4. The van der Waals surface area contributed by atoms with Crippen molar-refractivity contribution in [2.45, 2.75) is 71.7 Å². The van der Waals surface area contributed by atoms with Crippen molar-refractivity contribution in [3.8, 4) is 11.1 Å². The molecule has 0 bridgehead atoms. The van der Waals surface area contributed by atoms with Crippen molar-refractivity contribution in [3.05, 3.63) is 94.8 Å². The fourth-order valence-corrected chi connectivity index (χ4v) is 6.56. The predicted octanol–water partition coefficient (Wildman–Crippen LogP) is 6.80. The summed E-state index contributed by atoms with van der Waals surface area (Å²) < 4.78 is 20.6. The number of rotatable bonds is 8. The summed E-state index contributed by atoms with van der Waals surface area (Å²) >= 11 is 0. The van der Waals surface area contributed by atoms with Gasteiger partial charge in [0, 0.05) is 63.0 Å². The molecule has 48 heavy (non-hydrogen) atoms. The third kappa shape index (κ3) is 9.34. The van der Waals surface area contributed by atoms with E-state index in [4.69, 9.17) is 4.74 Å². The minimum atomic E-state index is -0.894. The Morgan fingerprint density at radius 3 is 2.35 bits per heavy atom. The molecule has 10 heteroatoms. The molecule has 2 N–H and O–H groups in total. The lowest BCUT2D eigenvalue weighted by Gasteiger charge is -2.38. The zero-order chi connectivity index (χ0) is 34.4. The molecule has 3 aromatic carbocycles. The molecule has 2 heterocycles. The maximum absolute atomic E-state index is 15.1. The predicted molar refractivity (Wildman–Crippen MR) is 183 cm³/mol. The molecule has 0 unspecified atom stereocenters. The van der Waals surface area contributed by atoms with Crippen molar-refractivity contribution in [1.82, 2.24) is 20.0 Å². The minimum absolute atomic E-state index is 0.0955. The second-order valence-electron chi connectivity index (χ2n) is 14.1. The lowest BCUT2D eigenvalue weighted by atomic mass is 9.90. The Morgan fingerprint density at radius 1 is 0.917 bits per heavy atom. The average Bonchev–Trinajstić information content (AvgIpc) is 3.04. The number of hydrogen-bond donors (Lipinski definition) is 2. The van der Waals surface area contributed by atoms with Crippen molar-refractivity contribution in [2.75, 3.05) is 32.7 Å². The van der Waals surface area contributed by atoms with Crippen LogP contribution in [0.3, 0.4) is 0 Å². The zero-order valence-electron chi connectivity index (χ0n) is 28.4. The molecule has 2 aliphatic heterocycles. The quantitative estimate of drug-likeness (QED) is 0.276. The molecule has 2 aliphatic rings. The molecule has 0 saturated carbocycles. The first-order chi connectivity index (χ1) is 22.8. The van der Waals surface area contributed by atoms with Crippen LogP contribution in [0, 0.1) is 11.7 Å². The Bertz CT molecular complexity index is 1610. The van der Waals surface area contributed by atoms with Gasteiger partial charge in [-0.15, -0.1) is 0 Å². The lowest BCUT2D eigenvalue weighted by Crippen LogP contribution is -2.53. The van der Waals surface area contributed by atoms with E-state index in [2.05, 4.69) is 10.2 Å². The highest BCUT2D eigenvalue weighted by atomic mass is 19.1. The maximum Gasteiger partial charge on any atom is 0.410 e. The van der Waals surface area contributed by atoms with E-state index in [1.54, 1.807) is 23.1 Å². The first kappa shape index (κ1) is 34.9. The molecule has 3 aromatic rings. The first-order valence-electron chi connectivity index (χ1n) is 16.8. The van der Waals surface area contributed by atoms with Gasteiger partial charge in [-0.2, -0.15) is 0 Å². The first-order valence-corrected chi connectivity index (χ1v) is 16.8. The molecular formula is C38H47FN4O5. The van der Waals surface area contributed by atoms with E-state index in [0.717, 1.165) is 41.5 Å². The van der Waals surface area contributed by atoms with Crippen LogP contribution in [-0.2, 0) is 24.2 Å². The van der Waals surface area contributed by atoms with Crippen LogP contribution < -0.4 is 5.32 Å². The number of nitrogens with one attached hydrogen (secondary N) is 1. The Balaban J connectivity index is 1.15. The van der Waals surface area contributed by atoms with Crippen LogP contribution in [0.1, 0.15) is 67.6 Å². The molecule has 0 spiro atoms. The highest BCUT2D eigenvalue weighted by Gasteiger charge is 2.28. The van der Waals surface area contributed by atoms with Crippen LogP contribution in [0.15, 0.2) is 66.7 Å². The summed E-state index contributed by atoms with van der Waals surface area (Å²) in [6, 6.07) is 20.2. The third-order valence-electron chi connectivity index (χ3n) is 9.07. The van der Waals surface area contributed by atoms with E-state index in [9.17, 15) is 19.5 Å². The largest absolute Gasteiger partial charge is 0.465 e. The summed E-state index contributed by atoms with van der Waals surface area (Å²) in [4.78, 5) is 42.4. The van der Waals surface area contributed by atoms with E-state index in [0.29, 0.717) is 56.3 Å². The average molecular weight is 659 g/mol. The fourth-order valence-electron chi connectivity index (χ4n) is 6.56. The SMILES string of the molecule is C[C@H]1CN(Cc2cccc(-c3cc(CNC(=O)c4cccc(CC5CCN(C(=O)OC(C)(C)C)CC5)c4)ccc3F)c2)CCN1C(=O)O.